The van der Waals surface area contributed by atoms with Crippen LogP contribution < -0.4 is 9.47 Å². The molecule has 7 aromatic rings. The molecule has 0 saturated heterocycles. The monoisotopic (exact) mass is 659 g/mol. The fourth-order valence-corrected chi connectivity index (χ4v) is 8.23. The van der Waals surface area contributed by atoms with Crippen LogP contribution in [0.1, 0.15) is 28.8 Å². The van der Waals surface area contributed by atoms with Crippen molar-refractivity contribution in [3.05, 3.63) is 180 Å². The van der Waals surface area contributed by atoms with Gasteiger partial charge in [0.25, 0.3) is 0 Å². The Morgan fingerprint density at radius 3 is 2.00 bits per heavy atom. The lowest BCUT2D eigenvalue weighted by molar-refractivity contribution is 0.247. The summed E-state index contributed by atoms with van der Waals surface area (Å²) in [4.78, 5) is 15.5. The van der Waals surface area contributed by atoms with E-state index in [1.165, 1.54) is 11.1 Å². The molecule has 2 aliphatic carbocycles. The third kappa shape index (κ3) is 4.39. The second-order valence-corrected chi connectivity index (χ2v) is 13.4. The van der Waals surface area contributed by atoms with Crippen molar-refractivity contribution in [1.29, 1.82) is 0 Å². The highest BCUT2D eigenvalue weighted by Crippen LogP contribution is 2.54. The normalized spacial score (nSPS) is 21.1. The Bertz CT molecular complexity index is 2690. The molecular formula is C45H29N3O3. The van der Waals surface area contributed by atoms with Crippen molar-refractivity contribution in [1.82, 2.24) is 15.0 Å². The van der Waals surface area contributed by atoms with Crippen LogP contribution >= 0.6 is 0 Å². The molecule has 4 aliphatic rings. The fraction of sp³-hybridized carbons (Fsp3) is 0.0889. The number of rotatable bonds is 4. The van der Waals surface area contributed by atoms with E-state index < -0.39 is 0 Å². The van der Waals surface area contributed by atoms with Crippen molar-refractivity contribution >= 4 is 27.5 Å². The Hall–Kier alpha value is -6.53. The van der Waals surface area contributed by atoms with Gasteiger partial charge in [0.15, 0.2) is 17.5 Å². The average Bonchev–Trinajstić information content (AvgIpc) is 3.89. The van der Waals surface area contributed by atoms with Crippen molar-refractivity contribution in [3.8, 4) is 34.3 Å². The molecule has 4 unspecified atom stereocenters. The lowest BCUT2D eigenvalue weighted by Crippen LogP contribution is -2.30. The number of allylic oxidation sites excluding steroid dienone is 4. The highest BCUT2D eigenvalue weighted by Gasteiger charge is 2.46. The number of fused-ring (bicyclic) bond motifs is 9. The van der Waals surface area contributed by atoms with Gasteiger partial charge >= 0.3 is 0 Å². The molecule has 11 rings (SSSR count). The molecule has 2 aromatic heterocycles. The smallest absolute Gasteiger partial charge is 0.164 e. The van der Waals surface area contributed by atoms with E-state index in [0.29, 0.717) is 17.5 Å². The zero-order valence-electron chi connectivity index (χ0n) is 27.3. The minimum Gasteiger partial charge on any atom is -0.485 e. The molecule has 6 nitrogen and oxygen atoms in total. The summed E-state index contributed by atoms with van der Waals surface area (Å²) in [5.74, 6) is 3.64. The minimum absolute atomic E-state index is 0.0555. The maximum atomic E-state index is 6.88. The molecule has 0 bridgehead atoms. The molecule has 242 valence electrons. The van der Waals surface area contributed by atoms with Gasteiger partial charge < -0.3 is 13.9 Å². The van der Waals surface area contributed by atoms with Crippen LogP contribution in [0.2, 0.25) is 0 Å². The average molecular weight is 660 g/mol. The van der Waals surface area contributed by atoms with Gasteiger partial charge in [-0.05, 0) is 53.6 Å². The third-order valence-electron chi connectivity index (χ3n) is 10.5. The molecule has 0 radical (unpaired) electrons. The Kier molecular flexibility index (Phi) is 6.10. The van der Waals surface area contributed by atoms with E-state index in [-0.39, 0.29) is 24.0 Å². The quantitative estimate of drug-likeness (QED) is 0.187. The molecule has 0 amide bonds. The zero-order valence-corrected chi connectivity index (χ0v) is 27.3. The Morgan fingerprint density at radius 2 is 1.14 bits per heavy atom. The van der Waals surface area contributed by atoms with E-state index in [1.54, 1.807) is 0 Å². The number of benzene rings is 5. The summed E-state index contributed by atoms with van der Waals surface area (Å²) in [5, 5.41) is 2.09. The van der Waals surface area contributed by atoms with Crippen LogP contribution in [-0.2, 0) is 0 Å². The first-order chi connectivity index (χ1) is 25.3. The molecule has 0 N–H and O–H groups in total. The first-order valence-electron chi connectivity index (χ1n) is 17.3. The van der Waals surface area contributed by atoms with Gasteiger partial charge in [-0.3, -0.25) is 0 Å². The van der Waals surface area contributed by atoms with Crippen LogP contribution in [0, 0.1) is 0 Å². The summed E-state index contributed by atoms with van der Waals surface area (Å²) < 4.78 is 19.4. The fourth-order valence-electron chi connectivity index (χ4n) is 8.23. The lowest BCUT2D eigenvalue weighted by atomic mass is 9.73. The maximum absolute atomic E-state index is 6.88. The van der Waals surface area contributed by atoms with Gasteiger partial charge in [-0.15, -0.1) is 0 Å². The highest BCUT2D eigenvalue weighted by molar-refractivity contribution is 6.06. The molecule has 5 aromatic carbocycles. The van der Waals surface area contributed by atoms with Crippen molar-refractivity contribution in [2.75, 3.05) is 0 Å². The zero-order chi connectivity index (χ0) is 33.5. The summed E-state index contributed by atoms with van der Waals surface area (Å²) in [6, 6.07) is 41.1. The van der Waals surface area contributed by atoms with Crippen LogP contribution in [0.5, 0.6) is 11.5 Å². The number of ether oxygens (including phenoxy) is 2. The molecule has 4 atom stereocenters. The van der Waals surface area contributed by atoms with Crippen molar-refractivity contribution in [3.63, 3.8) is 0 Å². The molecule has 51 heavy (non-hydrogen) atoms. The topological polar surface area (TPSA) is 70.3 Å². The Balaban J connectivity index is 1.10. The minimum atomic E-state index is -0.261. The molecular weight excluding hydrogens is 631 g/mol. The summed E-state index contributed by atoms with van der Waals surface area (Å²) in [6.45, 7) is 0. The van der Waals surface area contributed by atoms with Gasteiger partial charge in [0.2, 0.25) is 0 Å². The summed E-state index contributed by atoms with van der Waals surface area (Å²) in [6.07, 6.45) is 10.6. The number of para-hydroxylation sites is 3. The molecule has 4 heterocycles. The molecule has 6 heteroatoms. The van der Waals surface area contributed by atoms with Gasteiger partial charge in [-0.1, -0.05) is 109 Å². The largest absolute Gasteiger partial charge is 0.485 e. The lowest BCUT2D eigenvalue weighted by Gasteiger charge is -2.32. The van der Waals surface area contributed by atoms with E-state index in [4.69, 9.17) is 28.8 Å². The van der Waals surface area contributed by atoms with Crippen LogP contribution in [0.25, 0.3) is 50.3 Å². The van der Waals surface area contributed by atoms with E-state index in [2.05, 4.69) is 78.9 Å². The number of furan rings is 1. The van der Waals surface area contributed by atoms with Gasteiger partial charge in [0, 0.05) is 38.6 Å². The van der Waals surface area contributed by atoms with Gasteiger partial charge in [0.1, 0.15) is 34.9 Å². The Labute approximate surface area is 293 Å². The molecule has 2 aliphatic heterocycles. The highest BCUT2D eigenvalue weighted by atomic mass is 16.5. The van der Waals surface area contributed by atoms with Crippen LogP contribution in [0.4, 0.5) is 0 Å². The van der Waals surface area contributed by atoms with Gasteiger partial charge in [-0.25, -0.2) is 15.0 Å². The number of hydrogen-bond donors (Lipinski definition) is 0. The second-order valence-electron chi connectivity index (χ2n) is 13.4. The summed E-state index contributed by atoms with van der Waals surface area (Å²) in [5.41, 5.74) is 9.20. The predicted octanol–water partition coefficient (Wildman–Crippen LogP) is 10.0. The van der Waals surface area contributed by atoms with Crippen LogP contribution in [0.15, 0.2) is 167 Å². The van der Waals surface area contributed by atoms with Crippen LogP contribution in [-0.4, -0.2) is 27.2 Å². The first kappa shape index (κ1) is 28.3. The molecule has 0 fully saturated rings. The van der Waals surface area contributed by atoms with E-state index >= 15 is 0 Å². The number of hydrogen-bond acceptors (Lipinski definition) is 6. The van der Waals surface area contributed by atoms with E-state index in [1.807, 2.05) is 72.8 Å². The summed E-state index contributed by atoms with van der Waals surface area (Å²) >= 11 is 0. The second kappa shape index (κ2) is 11.0. The predicted molar refractivity (Wildman–Crippen MR) is 198 cm³/mol. The molecule has 0 spiro atoms. The van der Waals surface area contributed by atoms with E-state index in [9.17, 15) is 0 Å². The van der Waals surface area contributed by atoms with Crippen molar-refractivity contribution < 1.29 is 13.9 Å². The first-order valence-corrected chi connectivity index (χ1v) is 17.3. The van der Waals surface area contributed by atoms with Gasteiger partial charge in [-0.2, -0.15) is 0 Å². The van der Waals surface area contributed by atoms with Crippen molar-refractivity contribution in [2.45, 2.75) is 24.0 Å². The molecule has 0 saturated carbocycles. The third-order valence-corrected chi connectivity index (χ3v) is 10.5. The summed E-state index contributed by atoms with van der Waals surface area (Å²) in [7, 11) is 0. The van der Waals surface area contributed by atoms with Gasteiger partial charge in [0.05, 0.1) is 11.8 Å². The Morgan fingerprint density at radius 1 is 0.471 bits per heavy atom. The van der Waals surface area contributed by atoms with E-state index in [0.717, 1.165) is 61.3 Å². The number of aromatic nitrogens is 3. The van der Waals surface area contributed by atoms with Crippen molar-refractivity contribution in [2.24, 2.45) is 0 Å². The maximum Gasteiger partial charge on any atom is 0.164 e. The van der Waals surface area contributed by atoms with Crippen LogP contribution in [0.3, 0.4) is 0 Å². The number of nitrogens with zero attached hydrogens (tertiary/aromatic N) is 3. The standard InChI is InChI=1S/C45H29N3O3/c1-2-11-26(12-3-1)43-46-44(27-21-24-38-34(25-27)28-13-4-7-17-35(28)49-38)48-45(47-43)33-23-22-30(42-41(33)32-15-6-9-19-37(32)51-42)29-16-10-20-39-40(29)31-14-5-8-18-36(31)50-39/h1-25,39-42H. The SMILES string of the molecule is C1=CC2Oc3ccccc3C2C(C2=CC=C(c3nc(-c4ccccc4)nc(-c4ccc5oc6ccccc6c5c4)n3)C3c4ccccc4OC23)=C1.